The lowest BCUT2D eigenvalue weighted by atomic mass is 10.5. The first-order valence-electron chi connectivity index (χ1n) is 3.90. The Hall–Kier alpha value is 0.724. The molecular formula is C7H19ClSi2. The van der Waals surface area contributed by atoms with Gasteiger partial charge >= 0.3 is 0 Å². The maximum Gasteiger partial charge on any atom is 0.0424 e. The molecule has 10 heavy (non-hydrogen) atoms. The molecule has 0 nitrogen and oxygen atoms in total. The molecule has 0 aliphatic carbocycles. The quantitative estimate of drug-likeness (QED) is 0.479. The van der Waals surface area contributed by atoms with E-state index in [1.165, 1.54) is 5.67 Å². The summed E-state index contributed by atoms with van der Waals surface area (Å²) in [5, 5.41) is 0. The zero-order valence-electron chi connectivity index (χ0n) is 7.79. The topological polar surface area (TPSA) is 0 Å². The van der Waals surface area contributed by atoms with Crippen LogP contribution in [-0.2, 0) is 0 Å². The molecule has 0 atom stereocenters. The van der Waals surface area contributed by atoms with Gasteiger partial charge in [-0.15, -0.1) is 11.6 Å². The van der Waals surface area contributed by atoms with Gasteiger partial charge in [0.1, 0.15) is 0 Å². The predicted molar refractivity (Wildman–Crippen MR) is 56.6 cm³/mol. The molecule has 0 aliphatic rings. The summed E-state index contributed by atoms with van der Waals surface area (Å²) in [4.78, 5) is 0. The number of rotatable bonds is 3. The fourth-order valence-corrected chi connectivity index (χ4v) is 6.90. The Bertz CT molecular complexity index is 85.2. The maximum atomic E-state index is 6.12. The number of halogens is 1. The Balaban J connectivity index is 3.56. The van der Waals surface area contributed by atoms with Crippen LogP contribution in [0.1, 0.15) is 13.8 Å². The first kappa shape index (κ1) is 10.7. The van der Waals surface area contributed by atoms with E-state index in [4.69, 9.17) is 11.6 Å². The van der Waals surface area contributed by atoms with E-state index in [-0.39, 0.29) is 14.0 Å². The summed E-state index contributed by atoms with van der Waals surface area (Å²) < 4.78 is 0.153. The zero-order chi connectivity index (χ0) is 8.41. The van der Waals surface area contributed by atoms with Crippen molar-refractivity contribution in [3.05, 3.63) is 0 Å². The van der Waals surface area contributed by atoms with Crippen LogP contribution >= 0.6 is 11.6 Å². The minimum absolute atomic E-state index is 0.0274. The molecular weight excluding hydrogens is 176 g/mol. The van der Waals surface area contributed by atoms with Crippen molar-refractivity contribution >= 4 is 29.2 Å². The van der Waals surface area contributed by atoms with Crippen LogP contribution in [0.5, 0.6) is 0 Å². The standard InChI is InChI=1S/C7H19ClSi2/c1-7(2,8)9-6-10(3,4)5/h6,9H2,1-5H3. The minimum atomic E-state index is -0.790. The fraction of sp³-hybridized carbons (Fsp3) is 1.00. The average molecular weight is 195 g/mol. The molecule has 0 N–H and O–H groups in total. The van der Waals surface area contributed by atoms with Gasteiger partial charge in [0.2, 0.25) is 0 Å². The van der Waals surface area contributed by atoms with Crippen molar-refractivity contribution in [1.29, 1.82) is 0 Å². The summed E-state index contributed by atoms with van der Waals surface area (Å²) in [7, 11) is -0.817. The van der Waals surface area contributed by atoms with Crippen LogP contribution in [0.2, 0.25) is 25.3 Å². The Morgan fingerprint density at radius 3 is 1.80 bits per heavy atom. The smallest absolute Gasteiger partial charge is 0.0424 e. The normalized spacial score (nSPS) is 15.0. The second kappa shape index (κ2) is 3.41. The molecule has 3 heteroatoms. The van der Waals surface area contributed by atoms with Crippen LogP contribution in [0.4, 0.5) is 0 Å². The van der Waals surface area contributed by atoms with Crippen molar-refractivity contribution in [2.45, 2.75) is 43.7 Å². The highest BCUT2D eigenvalue weighted by atomic mass is 35.5. The number of alkyl halides is 1. The fourth-order valence-electron chi connectivity index (χ4n) is 0.672. The van der Waals surface area contributed by atoms with Gasteiger partial charge in [0.25, 0.3) is 0 Å². The van der Waals surface area contributed by atoms with Crippen molar-refractivity contribution in [2.24, 2.45) is 0 Å². The molecule has 0 saturated carbocycles. The molecule has 0 heterocycles. The van der Waals surface area contributed by atoms with Gasteiger partial charge in [-0.25, -0.2) is 0 Å². The van der Waals surface area contributed by atoms with Crippen molar-refractivity contribution in [1.82, 2.24) is 0 Å². The summed E-state index contributed by atoms with van der Waals surface area (Å²) in [6.45, 7) is 11.6. The van der Waals surface area contributed by atoms with Crippen molar-refractivity contribution < 1.29 is 0 Å². The Morgan fingerprint density at radius 1 is 1.30 bits per heavy atom. The number of hydrogen-bond acceptors (Lipinski definition) is 0. The lowest BCUT2D eigenvalue weighted by Crippen LogP contribution is -2.30. The van der Waals surface area contributed by atoms with Crippen molar-refractivity contribution in [2.75, 3.05) is 0 Å². The van der Waals surface area contributed by atoms with E-state index in [1.54, 1.807) is 0 Å². The van der Waals surface area contributed by atoms with Gasteiger partial charge in [-0.1, -0.05) is 25.3 Å². The largest absolute Gasteiger partial charge is 0.124 e. The molecule has 0 amide bonds. The third-order valence-electron chi connectivity index (χ3n) is 1.47. The molecule has 0 aliphatic heterocycles. The third kappa shape index (κ3) is 8.72. The Kier molecular flexibility index (Phi) is 3.66. The van der Waals surface area contributed by atoms with Crippen LogP contribution in [-0.4, -0.2) is 22.1 Å². The van der Waals surface area contributed by atoms with Gasteiger partial charge in [0, 0.05) is 22.1 Å². The summed E-state index contributed by atoms with van der Waals surface area (Å²) in [6, 6.07) is 0. The Morgan fingerprint density at radius 2 is 1.70 bits per heavy atom. The summed E-state index contributed by atoms with van der Waals surface area (Å²) >= 11 is 6.12. The van der Waals surface area contributed by atoms with Gasteiger partial charge in [0.15, 0.2) is 0 Å². The lowest BCUT2D eigenvalue weighted by Gasteiger charge is -2.21. The molecule has 0 aromatic carbocycles. The first-order chi connectivity index (χ1) is 4.21. The van der Waals surface area contributed by atoms with E-state index in [2.05, 4.69) is 33.5 Å². The molecule has 0 unspecified atom stereocenters. The second-order valence-electron chi connectivity index (χ2n) is 4.78. The van der Waals surface area contributed by atoms with Crippen molar-refractivity contribution in [3.8, 4) is 0 Å². The molecule has 0 bridgehead atoms. The average Bonchev–Trinajstić information content (AvgIpc) is 1.57. The second-order valence-corrected chi connectivity index (χ2v) is 15.6. The summed E-state index contributed by atoms with van der Waals surface area (Å²) in [5.74, 6) is 0. The molecule has 0 rings (SSSR count). The maximum absolute atomic E-state index is 6.12. The third-order valence-corrected chi connectivity index (χ3v) is 10.2. The summed E-state index contributed by atoms with van der Waals surface area (Å²) in [6.07, 6.45) is 0. The van der Waals surface area contributed by atoms with Crippen LogP contribution in [0.25, 0.3) is 0 Å². The van der Waals surface area contributed by atoms with Gasteiger partial charge in [0.05, 0.1) is 0 Å². The van der Waals surface area contributed by atoms with E-state index in [9.17, 15) is 0 Å². The van der Waals surface area contributed by atoms with Crippen LogP contribution in [0, 0.1) is 0 Å². The van der Waals surface area contributed by atoms with Crippen LogP contribution in [0.3, 0.4) is 0 Å². The molecule has 0 radical (unpaired) electrons. The van der Waals surface area contributed by atoms with Crippen LogP contribution in [0.15, 0.2) is 0 Å². The molecule has 0 spiro atoms. The minimum Gasteiger partial charge on any atom is -0.124 e. The highest BCUT2D eigenvalue weighted by molar-refractivity contribution is 6.85. The highest BCUT2D eigenvalue weighted by Gasteiger charge is 2.20. The molecule has 0 saturated heterocycles. The van der Waals surface area contributed by atoms with Gasteiger partial charge in [-0.05, 0) is 13.8 Å². The van der Waals surface area contributed by atoms with E-state index in [0.717, 1.165) is 0 Å². The molecule has 0 aromatic rings. The van der Waals surface area contributed by atoms with E-state index in [0.29, 0.717) is 0 Å². The van der Waals surface area contributed by atoms with E-state index >= 15 is 0 Å². The Labute approximate surface area is 73.2 Å². The molecule has 0 fully saturated rings. The monoisotopic (exact) mass is 194 g/mol. The molecule has 62 valence electrons. The first-order valence-corrected chi connectivity index (χ1v) is 9.69. The molecule has 0 aromatic heterocycles. The van der Waals surface area contributed by atoms with Gasteiger partial charge < -0.3 is 0 Å². The predicted octanol–water partition coefficient (Wildman–Crippen LogP) is 2.43. The lowest BCUT2D eigenvalue weighted by molar-refractivity contribution is 0.974. The van der Waals surface area contributed by atoms with E-state index in [1.807, 2.05) is 0 Å². The van der Waals surface area contributed by atoms with Gasteiger partial charge in [-0.2, -0.15) is 0 Å². The number of hydrogen-bond donors (Lipinski definition) is 0. The summed E-state index contributed by atoms with van der Waals surface area (Å²) in [5.41, 5.74) is 1.48. The SMILES string of the molecule is CC(C)(Cl)[SiH2]C[Si](C)(C)C. The van der Waals surface area contributed by atoms with Crippen LogP contribution < -0.4 is 0 Å². The highest BCUT2D eigenvalue weighted by Crippen LogP contribution is 2.16. The van der Waals surface area contributed by atoms with E-state index < -0.39 is 8.07 Å². The van der Waals surface area contributed by atoms with Gasteiger partial charge in [-0.3, -0.25) is 0 Å². The zero-order valence-corrected chi connectivity index (χ0v) is 11.0. The van der Waals surface area contributed by atoms with Crippen molar-refractivity contribution in [3.63, 3.8) is 0 Å².